The van der Waals surface area contributed by atoms with Crippen LogP contribution in [0.5, 0.6) is 0 Å². The van der Waals surface area contributed by atoms with Gasteiger partial charge in [-0.3, -0.25) is 0 Å². The number of hydrogen-bond acceptors (Lipinski definition) is 3. The number of carbonyl (C=O) groups is 1. The van der Waals surface area contributed by atoms with Crippen LogP contribution in [0.3, 0.4) is 0 Å². The van der Waals surface area contributed by atoms with Gasteiger partial charge in [0.25, 0.3) is 5.84 Å². The van der Waals surface area contributed by atoms with Crippen molar-refractivity contribution >= 4 is 11.8 Å². The van der Waals surface area contributed by atoms with E-state index in [4.69, 9.17) is 0 Å². The zero-order chi connectivity index (χ0) is 22.9. The minimum absolute atomic E-state index is 0.434. The molecule has 3 aromatic carbocycles. The molecular formula is C28H30N2O2. The zero-order valence-electron chi connectivity index (χ0n) is 19.2. The Kier molecular flexibility index (Phi) is 5.88. The molecule has 0 aromatic heterocycles. The van der Waals surface area contributed by atoms with Gasteiger partial charge in [-0.05, 0) is 39.8 Å². The highest BCUT2D eigenvalue weighted by Gasteiger charge is 2.62. The van der Waals surface area contributed by atoms with Gasteiger partial charge >= 0.3 is 0 Å². The van der Waals surface area contributed by atoms with E-state index in [-0.39, 0.29) is 0 Å². The van der Waals surface area contributed by atoms with Crippen LogP contribution in [0.4, 0.5) is 0 Å². The average Bonchev–Trinajstić information content (AvgIpc) is 3.12. The maximum atomic E-state index is 13.3. The molecule has 1 aliphatic heterocycles. The second-order valence-electron chi connectivity index (χ2n) is 8.45. The van der Waals surface area contributed by atoms with Crippen molar-refractivity contribution in [3.63, 3.8) is 0 Å². The molecule has 4 rings (SSSR count). The third-order valence-corrected chi connectivity index (χ3v) is 6.55. The molecular weight excluding hydrogens is 396 g/mol. The first kappa shape index (κ1) is 21.8. The van der Waals surface area contributed by atoms with E-state index in [2.05, 4.69) is 35.8 Å². The van der Waals surface area contributed by atoms with Crippen molar-refractivity contribution in [2.45, 2.75) is 39.3 Å². The van der Waals surface area contributed by atoms with Gasteiger partial charge in [-0.25, -0.2) is 9.48 Å². The number of aliphatic carboxylic acids is 1. The highest BCUT2D eigenvalue weighted by Crippen LogP contribution is 2.48. The number of carboxylic acids is 1. The summed E-state index contributed by atoms with van der Waals surface area (Å²) in [7, 11) is 0. The number of aryl methyl sites for hydroxylation is 2. The largest absolute Gasteiger partial charge is 0.545 e. The molecule has 164 valence electrons. The van der Waals surface area contributed by atoms with Crippen LogP contribution in [0.2, 0.25) is 0 Å². The zero-order valence-corrected chi connectivity index (χ0v) is 19.2. The summed E-state index contributed by atoms with van der Waals surface area (Å²) in [5.41, 5.74) is 3.58. The number of rotatable bonds is 6. The van der Waals surface area contributed by atoms with Crippen LogP contribution in [0.25, 0.3) is 0 Å². The second-order valence-corrected chi connectivity index (χ2v) is 8.45. The molecule has 0 N–H and O–H groups in total. The third kappa shape index (κ3) is 3.31. The number of benzene rings is 3. The lowest BCUT2D eigenvalue weighted by Gasteiger charge is -2.39. The first-order chi connectivity index (χ1) is 15.4. The van der Waals surface area contributed by atoms with Crippen LogP contribution < -0.4 is 5.11 Å². The molecule has 2 unspecified atom stereocenters. The molecule has 32 heavy (non-hydrogen) atoms. The van der Waals surface area contributed by atoms with Crippen LogP contribution in [-0.2, 0) is 10.3 Å². The van der Waals surface area contributed by atoms with Gasteiger partial charge in [0.05, 0.1) is 24.6 Å². The van der Waals surface area contributed by atoms with Gasteiger partial charge in [-0.15, -0.1) is 0 Å². The SMILES string of the molecule is CCN1C(c2ccccc2)=[N+](CC)C(c2ccc(C)cc2)C1(C(=O)[O-])c1ccc(C)cc1. The monoisotopic (exact) mass is 426 g/mol. The lowest BCUT2D eigenvalue weighted by molar-refractivity contribution is -0.569. The van der Waals surface area contributed by atoms with Gasteiger partial charge in [0, 0.05) is 11.1 Å². The van der Waals surface area contributed by atoms with Crippen molar-refractivity contribution in [3.05, 3.63) is 107 Å². The Labute approximate surface area is 190 Å². The second kappa shape index (κ2) is 8.62. The molecule has 0 saturated heterocycles. The molecule has 0 amide bonds. The molecule has 1 heterocycles. The number of nitrogens with zero attached hydrogens (tertiary/aromatic N) is 2. The number of carbonyl (C=O) groups excluding carboxylic acids is 1. The van der Waals surface area contributed by atoms with E-state index in [9.17, 15) is 9.90 Å². The molecule has 0 saturated carbocycles. The molecule has 2 atom stereocenters. The molecule has 0 spiro atoms. The summed E-state index contributed by atoms with van der Waals surface area (Å²) in [6, 6.07) is 25.7. The summed E-state index contributed by atoms with van der Waals surface area (Å²) in [6.45, 7) is 9.35. The maximum absolute atomic E-state index is 13.3. The number of likely N-dealkylation sites (N-methyl/N-ethyl adjacent to an activating group) is 2. The molecule has 3 aromatic rings. The summed E-state index contributed by atoms with van der Waals surface area (Å²) in [4.78, 5) is 15.3. The Morgan fingerprint density at radius 2 is 1.47 bits per heavy atom. The molecule has 0 radical (unpaired) electrons. The molecule has 0 aliphatic carbocycles. The van der Waals surface area contributed by atoms with E-state index in [1.807, 2.05) is 80.3 Å². The van der Waals surface area contributed by atoms with E-state index in [0.29, 0.717) is 13.1 Å². The van der Waals surface area contributed by atoms with E-state index in [1.54, 1.807) is 0 Å². The third-order valence-electron chi connectivity index (χ3n) is 6.55. The van der Waals surface area contributed by atoms with Crippen LogP contribution in [0, 0.1) is 13.8 Å². The van der Waals surface area contributed by atoms with E-state index in [1.165, 1.54) is 0 Å². The Bertz CT molecular complexity index is 1130. The van der Waals surface area contributed by atoms with Crippen molar-refractivity contribution < 1.29 is 14.5 Å². The highest BCUT2D eigenvalue weighted by atomic mass is 16.4. The highest BCUT2D eigenvalue weighted by molar-refractivity contribution is 6.00. The van der Waals surface area contributed by atoms with Crippen molar-refractivity contribution in [1.82, 2.24) is 4.90 Å². The van der Waals surface area contributed by atoms with Crippen molar-refractivity contribution in [2.75, 3.05) is 13.1 Å². The van der Waals surface area contributed by atoms with Gasteiger partial charge in [0.1, 0.15) is 0 Å². The molecule has 4 heteroatoms. The van der Waals surface area contributed by atoms with E-state index in [0.717, 1.165) is 33.7 Å². The van der Waals surface area contributed by atoms with Crippen molar-refractivity contribution in [2.24, 2.45) is 0 Å². The van der Waals surface area contributed by atoms with Crippen LogP contribution >= 0.6 is 0 Å². The van der Waals surface area contributed by atoms with Gasteiger partial charge in [-0.1, -0.05) is 77.9 Å². The first-order valence-electron chi connectivity index (χ1n) is 11.3. The van der Waals surface area contributed by atoms with Gasteiger partial charge in [0.2, 0.25) is 5.54 Å². The first-order valence-corrected chi connectivity index (χ1v) is 11.3. The topological polar surface area (TPSA) is 46.4 Å². The average molecular weight is 427 g/mol. The molecule has 0 bridgehead atoms. The lowest BCUT2D eigenvalue weighted by Crippen LogP contribution is -2.59. The smallest absolute Gasteiger partial charge is 0.281 e. The summed E-state index contributed by atoms with van der Waals surface area (Å²) in [5, 5.41) is 13.3. The Balaban J connectivity index is 2.09. The quantitative estimate of drug-likeness (QED) is 0.563. The fraction of sp³-hybridized carbons (Fsp3) is 0.286. The van der Waals surface area contributed by atoms with Crippen molar-refractivity contribution in [1.29, 1.82) is 0 Å². The lowest BCUT2D eigenvalue weighted by atomic mass is 9.78. The summed E-state index contributed by atoms with van der Waals surface area (Å²) in [5.74, 6) is -0.163. The minimum Gasteiger partial charge on any atom is -0.545 e. The van der Waals surface area contributed by atoms with Crippen LogP contribution in [0.1, 0.15) is 47.7 Å². The predicted molar refractivity (Wildman–Crippen MR) is 126 cm³/mol. The van der Waals surface area contributed by atoms with E-state index >= 15 is 0 Å². The fourth-order valence-corrected chi connectivity index (χ4v) is 5.09. The molecule has 4 nitrogen and oxygen atoms in total. The number of hydrogen-bond donors (Lipinski definition) is 0. The van der Waals surface area contributed by atoms with Crippen LogP contribution in [-0.4, -0.2) is 34.4 Å². The Morgan fingerprint density at radius 3 is 1.97 bits per heavy atom. The summed E-state index contributed by atoms with van der Waals surface area (Å²) < 4.78 is 2.22. The normalized spacial score (nSPS) is 20.6. The maximum Gasteiger partial charge on any atom is 0.281 e. The van der Waals surface area contributed by atoms with Gasteiger partial charge < -0.3 is 9.90 Å². The van der Waals surface area contributed by atoms with Crippen LogP contribution in [0.15, 0.2) is 78.9 Å². The predicted octanol–water partition coefficient (Wildman–Crippen LogP) is 3.80. The Morgan fingerprint density at radius 1 is 0.906 bits per heavy atom. The standard InChI is InChI=1S/C28H30N2O2/c1-5-29-25(22-16-12-20(3)13-17-22)28(27(31)32,24-18-14-21(4)15-19-24)30(6-2)26(29)23-10-8-7-9-11-23/h7-19,25H,5-6H2,1-4H3. The van der Waals surface area contributed by atoms with E-state index < -0.39 is 17.6 Å². The summed E-state index contributed by atoms with van der Waals surface area (Å²) >= 11 is 0. The summed E-state index contributed by atoms with van der Waals surface area (Å²) in [6.07, 6.45) is 0. The number of carboxylic acid groups (broad SMARTS) is 1. The van der Waals surface area contributed by atoms with Gasteiger partial charge in [-0.2, -0.15) is 0 Å². The Hall–Kier alpha value is -3.40. The van der Waals surface area contributed by atoms with Crippen molar-refractivity contribution in [3.8, 4) is 0 Å². The van der Waals surface area contributed by atoms with Gasteiger partial charge in [0.15, 0.2) is 6.04 Å². The fourth-order valence-electron chi connectivity index (χ4n) is 5.09. The minimum atomic E-state index is -1.36. The molecule has 0 fully saturated rings. The number of amidine groups is 1. The molecule has 1 aliphatic rings.